The second kappa shape index (κ2) is 6.70. The monoisotopic (exact) mass is 426 g/mol. The number of hydrogen-bond acceptors (Lipinski definition) is 2. The van der Waals surface area contributed by atoms with Crippen molar-refractivity contribution in [3.63, 3.8) is 0 Å². The molecule has 4 fully saturated rings. The van der Waals surface area contributed by atoms with Gasteiger partial charge < -0.3 is 5.11 Å². The zero-order chi connectivity index (χ0) is 22.4. The maximum absolute atomic E-state index is 14.0. The smallest absolute Gasteiger partial charge is 0.306 e. The number of carbonyl (C=O) groups excluding carboxylic acids is 1. The average molecular weight is 427 g/mol. The topological polar surface area (TPSA) is 54.4 Å². The first-order valence-electron chi connectivity index (χ1n) is 12.9. The van der Waals surface area contributed by atoms with Gasteiger partial charge in [0.2, 0.25) is 0 Å². The summed E-state index contributed by atoms with van der Waals surface area (Å²) >= 11 is 0. The minimum Gasteiger partial charge on any atom is -0.481 e. The van der Waals surface area contributed by atoms with Crippen LogP contribution in [0.2, 0.25) is 0 Å². The van der Waals surface area contributed by atoms with Gasteiger partial charge in [0.15, 0.2) is 5.78 Å². The van der Waals surface area contributed by atoms with Crippen molar-refractivity contribution in [3.05, 3.63) is 11.6 Å². The number of fused-ring (bicyclic) bond motifs is 7. The van der Waals surface area contributed by atoms with E-state index in [1.807, 2.05) is 0 Å². The number of rotatable bonds is 1. The van der Waals surface area contributed by atoms with Gasteiger partial charge in [-0.3, -0.25) is 9.59 Å². The van der Waals surface area contributed by atoms with Gasteiger partial charge in [0, 0.05) is 5.92 Å². The molecule has 0 aliphatic heterocycles. The minimum atomic E-state index is -0.645. The van der Waals surface area contributed by atoms with Crippen LogP contribution < -0.4 is 0 Å². The molecule has 0 aromatic rings. The van der Waals surface area contributed by atoms with Crippen LogP contribution >= 0.6 is 0 Å². The van der Waals surface area contributed by atoms with Crippen molar-refractivity contribution >= 4 is 11.8 Å². The van der Waals surface area contributed by atoms with E-state index in [2.05, 4.69) is 40.7 Å². The van der Waals surface area contributed by atoms with Crippen molar-refractivity contribution in [2.24, 2.45) is 51.2 Å². The molecule has 5 rings (SSSR count). The Hall–Kier alpha value is -1.12. The van der Waals surface area contributed by atoms with E-state index in [-0.39, 0.29) is 34.0 Å². The Kier molecular flexibility index (Phi) is 4.69. The standard InChI is InChI=1S/C28H42O3/c1-25(2)10-6-11-28(5)22(25)9-14-27(4)19-8-13-26(3)12-7-17(24(30)31)15-20(26)18(19)16-21(29)23(27)28/h16-17,19-20,22-23H,6-15H2,1-5H3,(H,30,31). The lowest BCUT2D eigenvalue weighted by Gasteiger charge is -2.66. The van der Waals surface area contributed by atoms with Gasteiger partial charge >= 0.3 is 5.97 Å². The molecule has 5 aliphatic carbocycles. The van der Waals surface area contributed by atoms with Crippen molar-refractivity contribution in [1.29, 1.82) is 0 Å². The van der Waals surface area contributed by atoms with E-state index >= 15 is 0 Å². The number of ketones is 1. The number of carboxylic acid groups (broad SMARTS) is 1. The third-order valence-electron chi connectivity index (χ3n) is 11.5. The molecule has 8 unspecified atom stereocenters. The van der Waals surface area contributed by atoms with Crippen molar-refractivity contribution in [2.45, 2.75) is 98.8 Å². The van der Waals surface area contributed by atoms with Crippen molar-refractivity contribution in [2.75, 3.05) is 0 Å². The summed E-state index contributed by atoms with van der Waals surface area (Å²) in [4.78, 5) is 25.8. The molecule has 3 heteroatoms. The van der Waals surface area contributed by atoms with Gasteiger partial charge in [-0.15, -0.1) is 0 Å². The summed E-state index contributed by atoms with van der Waals surface area (Å²) in [6.07, 6.45) is 13.1. The SMILES string of the molecule is CC1(C)CCCC2(C)C1CCC1(C)C3CCC4(C)CCC(C(=O)O)CC4C3=CC(=O)C12. The van der Waals surface area contributed by atoms with Gasteiger partial charge in [0.25, 0.3) is 0 Å². The Morgan fingerprint density at radius 1 is 0.903 bits per heavy atom. The molecule has 8 atom stereocenters. The predicted molar refractivity (Wildman–Crippen MR) is 122 cm³/mol. The van der Waals surface area contributed by atoms with Crippen LogP contribution in [0.4, 0.5) is 0 Å². The van der Waals surface area contributed by atoms with Gasteiger partial charge in [-0.1, -0.05) is 46.6 Å². The molecule has 31 heavy (non-hydrogen) atoms. The van der Waals surface area contributed by atoms with Gasteiger partial charge in [0.05, 0.1) is 5.92 Å². The molecule has 3 nitrogen and oxygen atoms in total. The lowest BCUT2D eigenvalue weighted by atomic mass is 9.37. The summed E-state index contributed by atoms with van der Waals surface area (Å²) in [5.74, 6) is 0.986. The van der Waals surface area contributed by atoms with Gasteiger partial charge in [0.1, 0.15) is 0 Å². The Bertz CT molecular complexity index is 839. The third-order valence-corrected chi connectivity index (χ3v) is 11.5. The lowest BCUT2D eigenvalue weighted by molar-refractivity contribution is -0.168. The van der Waals surface area contributed by atoms with Crippen molar-refractivity contribution in [3.8, 4) is 0 Å². The fraction of sp³-hybridized carbons (Fsp3) is 0.857. The molecule has 0 aromatic heterocycles. The second-order valence-electron chi connectivity index (χ2n) is 13.5. The van der Waals surface area contributed by atoms with E-state index in [1.54, 1.807) is 0 Å². The molecular formula is C28H42O3. The minimum absolute atomic E-state index is 0.0390. The van der Waals surface area contributed by atoms with Crippen molar-refractivity contribution < 1.29 is 14.7 Å². The molecule has 5 aliphatic rings. The van der Waals surface area contributed by atoms with Crippen molar-refractivity contribution in [1.82, 2.24) is 0 Å². The zero-order valence-electron chi connectivity index (χ0n) is 20.3. The van der Waals surface area contributed by atoms with Crippen LogP contribution in [-0.4, -0.2) is 16.9 Å². The molecule has 0 saturated heterocycles. The fourth-order valence-corrected chi connectivity index (χ4v) is 10.1. The van der Waals surface area contributed by atoms with Crippen LogP contribution in [0.1, 0.15) is 98.8 Å². The largest absolute Gasteiger partial charge is 0.481 e. The maximum Gasteiger partial charge on any atom is 0.306 e. The fourth-order valence-electron chi connectivity index (χ4n) is 10.1. The summed E-state index contributed by atoms with van der Waals surface area (Å²) < 4.78 is 0. The van der Waals surface area contributed by atoms with Gasteiger partial charge in [-0.2, -0.15) is 0 Å². The zero-order valence-corrected chi connectivity index (χ0v) is 20.3. The first kappa shape index (κ1) is 21.7. The summed E-state index contributed by atoms with van der Waals surface area (Å²) in [6.45, 7) is 12.1. The van der Waals surface area contributed by atoms with E-state index < -0.39 is 5.97 Å². The predicted octanol–water partition coefficient (Wildman–Crippen LogP) is 6.66. The number of carboxylic acids is 1. The normalized spacial score (nSPS) is 50.9. The molecule has 0 aromatic carbocycles. The van der Waals surface area contributed by atoms with E-state index in [4.69, 9.17) is 0 Å². The van der Waals surface area contributed by atoms with Crippen LogP contribution in [-0.2, 0) is 9.59 Å². The molecule has 0 heterocycles. The van der Waals surface area contributed by atoms with Crippen LogP contribution in [0.5, 0.6) is 0 Å². The highest BCUT2D eigenvalue weighted by atomic mass is 16.4. The van der Waals surface area contributed by atoms with E-state index in [9.17, 15) is 14.7 Å². The third kappa shape index (κ3) is 2.90. The Morgan fingerprint density at radius 2 is 1.61 bits per heavy atom. The van der Waals surface area contributed by atoms with Crippen LogP contribution in [0.3, 0.4) is 0 Å². The van der Waals surface area contributed by atoms with E-state index in [0.29, 0.717) is 23.0 Å². The highest BCUT2D eigenvalue weighted by Crippen LogP contribution is 2.70. The number of carbonyl (C=O) groups is 2. The highest BCUT2D eigenvalue weighted by Gasteiger charge is 2.65. The first-order valence-corrected chi connectivity index (χ1v) is 12.9. The van der Waals surface area contributed by atoms with E-state index in [0.717, 1.165) is 25.7 Å². The molecule has 0 amide bonds. The Balaban J connectivity index is 1.56. The lowest BCUT2D eigenvalue weighted by Crippen LogP contribution is -2.62. The molecular weight excluding hydrogens is 384 g/mol. The summed E-state index contributed by atoms with van der Waals surface area (Å²) in [5.41, 5.74) is 1.98. The molecule has 172 valence electrons. The molecule has 1 N–H and O–H groups in total. The summed E-state index contributed by atoms with van der Waals surface area (Å²) in [6, 6.07) is 0. The first-order chi connectivity index (χ1) is 14.4. The number of allylic oxidation sites excluding steroid dienone is 2. The molecule has 0 bridgehead atoms. The van der Waals surface area contributed by atoms with Gasteiger partial charge in [-0.05, 0) is 103 Å². The number of hydrogen-bond donors (Lipinski definition) is 1. The molecule has 4 saturated carbocycles. The Labute approximate surface area is 188 Å². The summed E-state index contributed by atoms with van der Waals surface area (Å²) in [5, 5.41) is 9.72. The molecule has 0 radical (unpaired) electrons. The van der Waals surface area contributed by atoms with Gasteiger partial charge in [-0.25, -0.2) is 0 Å². The van der Waals surface area contributed by atoms with E-state index in [1.165, 1.54) is 44.1 Å². The summed E-state index contributed by atoms with van der Waals surface area (Å²) in [7, 11) is 0. The second-order valence-corrected chi connectivity index (χ2v) is 13.5. The quantitative estimate of drug-likeness (QED) is 0.510. The maximum atomic E-state index is 14.0. The average Bonchev–Trinajstić information content (AvgIpc) is 2.65. The van der Waals surface area contributed by atoms with Crippen LogP contribution in [0, 0.1) is 51.2 Å². The van der Waals surface area contributed by atoms with Crippen LogP contribution in [0.15, 0.2) is 11.6 Å². The molecule has 0 spiro atoms. The number of aliphatic carboxylic acids is 1. The van der Waals surface area contributed by atoms with Crippen LogP contribution in [0.25, 0.3) is 0 Å². The highest BCUT2D eigenvalue weighted by molar-refractivity contribution is 5.95. The Morgan fingerprint density at radius 3 is 2.32 bits per heavy atom.